The molecule has 0 unspecified atom stereocenters. The monoisotopic (exact) mass is 431 g/mol. The molecular weight excluding hydrogens is 402 g/mol. The highest BCUT2D eigenvalue weighted by Crippen LogP contribution is 2.21. The molecule has 0 radical (unpaired) electrons. The zero-order chi connectivity index (χ0) is 21.7. The van der Waals surface area contributed by atoms with Gasteiger partial charge in [0.2, 0.25) is 5.91 Å². The Labute approximate surface area is 178 Å². The number of anilines is 3. The van der Waals surface area contributed by atoms with Crippen molar-refractivity contribution in [3.63, 3.8) is 0 Å². The molecule has 2 aromatic carbocycles. The first-order valence-corrected chi connectivity index (χ1v) is 11.3. The van der Waals surface area contributed by atoms with E-state index in [1.807, 2.05) is 24.3 Å². The van der Waals surface area contributed by atoms with Gasteiger partial charge in [0.25, 0.3) is 0 Å². The van der Waals surface area contributed by atoms with Crippen LogP contribution < -0.4 is 14.5 Å². The summed E-state index contributed by atoms with van der Waals surface area (Å²) in [5, 5.41) is 2.80. The molecule has 0 aromatic heterocycles. The van der Waals surface area contributed by atoms with Crippen LogP contribution in [0.4, 0.5) is 17.1 Å². The number of rotatable bonds is 7. The number of hydrogen-bond donors (Lipinski definition) is 1. The Kier molecular flexibility index (Phi) is 6.96. The van der Waals surface area contributed by atoms with Gasteiger partial charge in [0.1, 0.15) is 6.54 Å². The van der Waals surface area contributed by atoms with Gasteiger partial charge in [-0.3, -0.25) is 4.79 Å². The van der Waals surface area contributed by atoms with E-state index in [4.69, 9.17) is 0 Å². The molecule has 162 valence electrons. The van der Waals surface area contributed by atoms with Crippen LogP contribution in [-0.4, -0.2) is 77.4 Å². The van der Waals surface area contributed by atoms with Crippen molar-refractivity contribution in [2.75, 3.05) is 68.4 Å². The number of hydrogen-bond acceptors (Lipinski definition) is 5. The van der Waals surface area contributed by atoms with Gasteiger partial charge in [-0.1, -0.05) is 18.2 Å². The van der Waals surface area contributed by atoms with Crippen molar-refractivity contribution in [2.45, 2.75) is 0 Å². The van der Waals surface area contributed by atoms with Crippen molar-refractivity contribution >= 4 is 33.2 Å². The van der Waals surface area contributed by atoms with Gasteiger partial charge in [-0.05, 0) is 43.4 Å². The molecule has 0 atom stereocenters. The van der Waals surface area contributed by atoms with Crippen molar-refractivity contribution in [1.82, 2.24) is 9.21 Å². The van der Waals surface area contributed by atoms with Gasteiger partial charge in [-0.2, -0.15) is 12.7 Å². The molecule has 0 spiro atoms. The second-order valence-electron chi connectivity index (χ2n) is 7.52. The zero-order valence-corrected chi connectivity index (χ0v) is 18.5. The quantitative estimate of drug-likeness (QED) is 0.722. The first-order chi connectivity index (χ1) is 14.3. The van der Waals surface area contributed by atoms with E-state index in [-0.39, 0.29) is 6.54 Å². The summed E-state index contributed by atoms with van der Waals surface area (Å²) in [4.78, 5) is 17.2. The largest absolute Gasteiger partial charge is 0.369 e. The maximum absolute atomic E-state index is 12.7. The van der Waals surface area contributed by atoms with Gasteiger partial charge in [-0.25, -0.2) is 4.31 Å². The Morgan fingerprint density at radius 2 is 1.57 bits per heavy atom. The topological polar surface area (TPSA) is 76.2 Å². The van der Waals surface area contributed by atoms with E-state index >= 15 is 0 Å². The molecule has 1 saturated heterocycles. The van der Waals surface area contributed by atoms with Crippen LogP contribution in [0.15, 0.2) is 54.6 Å². The molecule has 1 aliphatic heterocycles. The van der Waals surface area contributed by atoms with Crippen LogP contribution in [-0.2, 0) is 15.0 Å². The van der Waals surface area contributed by atoms with Crippen molar-refractivity contribution in [2.24, 2.45) is 0 Å². The predicted molar refractivity (Wildman–Crippen MR) is 121 cm³/mol. The van der Waals surface area contributed by atoms with Crippen molar-refractivity contribution < 1.29 is 13.2 Å². The van der Waals surface area contributed by atoms with Gasteiger partial charge in [0.15, 0.2) is 0 Å². The summed E-state index contributed by atoms with van der Waals surface area (Å²) in [6.07, 6.45) is 0. The van der Waals surface area contributed by atoms with Gasteiger partial charge in [0.05, 0.1) is 5.69 Å². The number of carbonyl (C=O) groups excluding carboxylic acids is 1. The van der Waals surface area contributed by atoms with Gasteiger partial charge < -0.3 is 15.1 Å². The molecule has 2 aromatic rings. The molecule has 0 aliphatic carbocycles. The molecule has 3 rings (SSSR count). The summed E-state index contributed by atoms with van der Waals surface area (Å²) in [5.41, 5.74) is 2.18. The highest BCUT2D eigenvalue weighted by molar-refractivity contribution is 7.90. The lowest BCUT2D eigenvalue weighted by molar-refractivity contribution is -0.114. The van der Waals surface area contributed by atoms with E-state index < -0.39 is 16.1 Å². The normalized spacial score (nSPS) is 15.3. The highest BCUT2D eigenvalue weighted by atomic mass is 32.2. The number of para-hydroxylation sites is 1. The number of benzene rings is 2. The standard InChI is InChI=1S/C21H29N5O3S/c1-23(2)30(28,29)26(20-7-5-4-6-8-20)17-21(27)22-18-9-11-19(12-10-18)25-15-13-24(3)14-16-25/h4-12H,13-17H2,1-3H3,(H,22,27). The SMILES string of the molecule is CN1CCN(c2ccc(NC(=O)CN(c3ccccc3)S(=O)(=O)N(C)C)cc2)CC1. The lowest BCUT2D eigenvalue weighted by Crippen LogP contribution is -2.44. The van der Waals surface area contributed by atoms with E-state index in [2.05, 4.69) is 22.2 Å². The zero-order valence-electron chi connectivity index (χ0n) is 17.7. The molecule has 1 aliphatic rings. The fourth-order valence-electron chi connectivity index (χ4n) is 3.25. The number of nitrogens with zero attached hydrogens (tertiary/aromatic N) is 4. The molecule has 8 nitrogen and oxygen atoms in total. The van der Waals surface area contributed by atoms with Crippen LogP contribution in [0.2, 0.25) is 0 Å². The molecule has 9 heteroatoms. The molecule has 0 bridgehead atoms. The van der Waals surface area contributed by atoms with Crippen molar-refractivity contribution in [3.05, 3.63) is 54.6 Å². The summed E-state index contributed by atoms with van der Waals surface area (Å²) in [6, 6.07) is 16.3. The second-order valence-corrected chi connectivity index (χ2v) is 9.58. The van der Waals surface area contributed by atoms with E-state index in [0.29, 0.717) is 11.4 Å². The molecular formula is C21H29N5O3S. The summed E-state index contributed by atoms with van der Waals surface area (Å²) in [6.45, 7) is 3.67. The molecule has 1 amide bonds. The van der Waals surface area contributed by atoms with Crippen LogP contribution in [0.1, 0.15) is 0 Å². The maximum atomic E-state index is 12.7. The predicted octanol–water partition coefficient (Wildman–Crippen LogP) is 1.69. The molecule has 30 heavy (non-hydrogen) atoms. The van der Waals surface area contributed by atoms with E-state index in [1.165, 1.54) is 14.1 Å². The molecule has 1 N–H and O–H groups in total. The minimum Gasteiger partial charge on any atom is -0.369 e. The third kappa shape index (κ3) is 5.29. The number of nitrogens with one attached hydrogen (secondary N) is 1. The summed E-state index contributed by atoms with van der Waals surface area (Å²) in [7, 11) is 1.20. The van der Waals surface area contributed by atoms with E-state index in [0.717, 1.165) is 40.5 Å². The molecule has 0 saturated carbocycles. The van der Waals surface area contributed by atoms with Crippen LogP contribution >= 0.6 is 0 Å². The van der Waals surface area contributed by atoms with Gasteiger partial charge in [-0.15, -0.1) is 0 Å². The number of likely N-dealkylation sites (N-methyl/N-ethyl adjacent to an activating group) is 1. The number of piperazine rings is 1. The van der Waals surface area contributed by atoms with Crippen LogP contribution in [0.3, 0.4) is 0 Å². The second kappa shape index (κ2) is 9.46. The molecule has 1 heterocycles. The van der Waals surface area contributed by atoms with Gasteiger partial charge >= 0.3 is 10.2 Å². The number of carbonyl (C=O) groups is 1. The van der Waals surface area contributed by atoms with Crippen LogP contribution in [0, 0.1) is 0 Å². The Morgan fingerprint density at radius 1 is 0.967 bits per heavy atom. The summed E-state index contributed by atoms with van der Waals surface area (Å²) < 4.78 is 27.6. The minimum atomic E-state index is -3.81. The fraction of sp³-hybridized carbons (Fsp3) is 0.381. The third-order valence-corrected chi connectivity index (χ3v) is 6.91. The van der Waals surface area contributed by atoms with Gasteiger partial charge in [0, 0.05) is 51.6 Å². The molecule has 1 fully saturated rings. The Hall–Kier alpha value is -2.62. The first-order valence-electron chi connectivity index (χ1n) is 9.86. The van der Waals surface area contributed by atoms with Crippen LogP contribution in [0.25, 0.3) is 0 Å². The van der Waals surface area contributed by atoms with E-state index in [1.54, 1.807) is 30.3 Å². The number of amides is 1. The Morgan fingerprint density at radius 3 is 2.13 bits per heavy atom. The maximum Gasteiger partial charge on any atom is 0.304 e. The smallest absolute Gasteiger partial charge is 0.304 e. The Bertz CT molecular complexity index is 940. The Balaban J connectivity index is 1.68. The average Bonchev–Trinajstić information content (AvgIpc) is 2.73. The van der Waals surface area contributed by atoms with E-state index in [9.17, 15) is 13.2 Å². The first kappa shape index (κ1) is 22.1. The minimum absolute atomic E-state index is 0.315. The lowest BCUT2D eigenvalue weighted by Gasteiger charge is -2.34. The summed E-state index contributed by atoms with van der Waals surface area (Å²) in [5.74, 6) is -0.406. The van der Waals surface area contributed by atoms with Crippen molar-refractivity contribution in [3.8, 4) is 0 Å². The fourth-order valence-corrected chi connectivity index (χ4v) is 4.31. The summed E-state index contributed by atoms with van der Waals surface area (Å²) >= 11 is 0. The highest BCUT2D eigenvalue weighted by Gasteiger charge is 2.27. The van der Waals surface area contributed by atoms with Crippen LogP contribution in [0.5, 0.6) is 0 Å². The average molecular weight is 432 g/mol. The van der Waals surface area contributed by atoms with Crippen molar-refractivity contribution in [1.29, 1.82) is 0 Å². The lowest BCUT2D eigenvalue weighted by atomic mass is 10.2. The third-order valence-electron chi connectivity index (χ3n) is 5.09.